The van der Waals surface area contributed by atoms with Crippen molar-refractivity contribution in [3.63, 3.8) is 0 Å². The number of morpholine rings is 1. The summed E-state index contributed by atoms with van der Waals surface area (Å²) in [4.78, 5) is 12.5. The Labute approximate surface area is 182 Å². The Kier molecular flexibility index (Phi) is 6.99. The largest absolute Gasteiger partial charge is 0.379 e. The van der Waals surface area contributed by atoms with Crippen LogP contribution >= 0.6 is 0 Å². The molecule has 0 radical (unpaired) electrons. The highest BCUT2D eigenvalue weighted by Gasteiger charge is 2.27. The number of rotatable bonds is 7. The minimum atomic E-state index is -3.78. The fraction of sp³-hybridized carbons (Fsp3) is 0.350. The first kappa shape index (κ1) is 23.2. The van der Waals surface area contributed by atoms with E-state index in [0.717, 1.165) is 16.1 Å². The average Bonchev–Trinajstić information content (AvgIpc) is 2.74. The van der Waals surface area contributed by atoms with Crippen LogP contribution in [0.5, 0.6) is 0 Å². The molecule has 1 fully saturated rings. The third kappa shape index (κ3) is 5.82. The predicted octanol–water partition coefficient (Wildman–Crippen LogP) is 1.42. The normalized spacial score (nSPS) is 15.4. The Bertz CT molecular complexity index is 1120. The topological polar surface area (TPSA) is 113 Å². The van der Waals surface area contributed by atoms with E-state index in [1.807, 2.05) is 19.1 Å². The number of carbonyl (C=O) groups is 1. The van der Waals surface area contributed by atoms with Crippen LogP contribution in [-0.2, 0) is 29.6 Å². The Balaban J connectivity index is 1.78. The summed E-state index contributed by atoms with van der Waals surface area (Å²) < 4.78 is 57.5. The molecular weight excluding hydrogens is 442 g/mol. The van der Waals surface area contributed by atoms with Gasteiger partial charge in [-0.3, -0.25) is 9.10 Å². The van der Waals surface area contributed by atoms with Crippen LogP contribution < -0.4 is 9.62 Å². The molecule has 1 N–H and O–H groups in total. The number of nitrogens with zero attached hydrogens (tertiary/aromatic N) is 2. The number of carbonyl (C=O) groups excluding carboxylic acids is 1. The highest BCUT2D eigenvalue weighted by Crippen LogP contribution is 2.23. The van der Waals surface area contributed by atoms with Crippen molar-refractivity contribution >= 4 is 37.3 Å². The van der Waals surface area contributed by atoms with Crippen LogP contribution in [0.3, 0.4) is 0 Å². The number of hydrogen-bond donors (Lipinski definition) is 1. The number of sulfonamides is 2. The highest BCUT2D eigenvalue weighted by molar-refractivity contribution is 7.92. The minimum absolute atomic E-state index is 0.0516. The van der Waals surface area contributed by atoms with Crippen LogP contribution in [0.2, 0.25) is 0 Å². The Morgan fingerprint density at radius 2 is 1.58 bits per heavy atom. The predicted molar refractivity (Wildman–Crippen MR) is 118 cm³/mol. The summed E-state index contributed by atoms with van der Waals surface area (Å²) in [6.45, 7) is 2.66. The maximum Gasteiger partial charge on any atom is 0.245 e. The maximum atomic E-state index is 12.7. The second kappa shape index (κ2) is 9.35. The molecule has 0 saturated carbocycles. The van der Waals surface area contributed by atoms with E-state index in [1.54, 1.807) is 12.1 Å². The lowest BCUT2D eigenvalue weighted by Gasteiger charge is -2.26. The van der Waals surface area contributed by atoms with Gasteiger partial charge in [0.05, 0.1) is 30.1 Å². The molecule has 31 heavy (non-hydrogen) atoms. The zero-order chi connectivity index (χ0) is 22.6. The van der Waals surface area contributed by atoms with Crippen molar-refractivity contribution in [2.45, 2.75) is 11.8 Å². The first-order chi connectivity index (χ1) is 14.6. The van der Waals surface area contributed by atoms with Gasteiger partial charge in [0.1, 0.15) is 6.54 Å². The number of ether oxygens (including phenoxy) is 1. The molecule has 0 spiro atoms. The van der Waals surface area contributed by atoms with E-state index >= 15 is 0 Å². The summed E-state index contributed by atoms with van der Waals surface area (Å²) in [5, 5.41) is 2.66. The van der Waals surface area contributed by atoms with E-state index in [1.165, 1.54) is 28.6 Å². The second-order valence-electron chi connectivity index (χ2n) is 7.19. The summed E-state index contributed by atoms with van der Waals surface area (Å²) in [5.41, 5.74) is 1.78. The van der Waals surface area contributed by atoms with E-state index in [0.29, 0.717) is 18.9 Å². The summed E-state index contributed by atoms with van der Waals surface area (Å²) in [5.74, 6) is -0.515. The molecule has 0 bridgehead atoms. The summed E-state index contributed by atoms with van der Waals surface area (Å²) >= 11 is 0. The Morgan fingerprint density at radius 3 is 2.13 bits per heavy atom. The minimum Gasteiger partial charge on any atom is -0.379 e. The van der Waals surface area contributed by atoms with Crippen LogP contribution in [0, 0.1) is 6.92 Å². The second-order valence-corrected chi connectivity index (χ2v) is 11.0. The van der Waals surface area contributed by atoms with Gasteiger partial charge in [0.2, 0.25) is 26.0 Å². The average molecular weight is 468 g/mol. The molecule has 1 aliphatic rings. The molecule has 11 heteroatoms. The van der Waals surface area contributed by atoms with Gasteiger partial charge in [0.15, 0.2) is 0 Å². The first-order valence-electron chi connectivity index (χ1n) is 9.59. The lowest BCUT2D eigenvalue weighted by atomic mass is 10.2. The van der Waals surface area contributed by atoms with Crippen molar-refractivity contribution in [1.29, 1.82) is 0 Å². The lowest BCUT2D eigenvalue weighted by molar-refractivity contribution is -0.114. The van der Waals surface area contributed by atoms with Crippen LogP contribution in [0.4, 0.5) is 11.4 Å². The fourth-order valence-electron chi connectivity index (χ4n) is 3.09. The third-order valence-corrected chi connectivity index (χ3v) is 7.81. The van der Waals surface area contributed by atoms with Crippen LogP contribution in [0.25, 0.3) is 0 Å². The molecule has 1 amide bonds. The standard InChI is InChI=1S/C20H25N3O6S2/c1-16-3-5-17(6-4-16)21-20(24)15-23(30(2,25)26)18-7-9-19(10-8-18)31(27,28)22-11-13-29-14-12-22/h3-10H,11-15H2,1-2H3,(H,21,24). The van der Waals surface area contributed by atoms with Crippen molar-refractivity contribution in [2.75, 3.05) is 48.7 Å². The molecule has 0 unspecified atom stereocenters. The first-order valence-corrected chi connectivity index (χ1v) is 12.9. The molecule has 1 aliphatic heterocycles. The monoisotopic (exact) mass is 467 g/mol. The van der Waals surface area contributed by atoms with E-state index in [4.69, 9.17) is 4.74 Å². The van der Waals surface area contributed by atoms with E-state index < -0.39 is 32.5 Å². The van der Waals surface area contributed by atoms with Crippen LogP contribution in [-0.4, -0.2) is 66.2 Å². The van der Waals surface area contributed by atoms with Gasteiger partial charge in [-0.25, -0.2) is 16.8 Å². The molecule has 2 aromatic carbocycles. The highest BCUT2D eigenvalue weighted by atomic mass is 32.2. The van der Waals surface area contributed by atoms with Crippen molar-refractivity contribution in [1.82, 2.24) is 4.31 Å². The summed E-state index contributed by atoms with van der Waals surface area (Å²) in [7, 11) is -7.49. The lowest BCUT2D eigenvalue weighted by Crippen LogP contribution is -2.40. The number of anilines is 2. The smallest absolute Gasteiger partial charge is 0.245 e. The number of aryl methyl sites for hydroxylation is 1. The quantitative estimate of drug-likeness (QED) is 0.659. The molecule has 1 saturated heterocycles. The van der Waals surface area contributed by atoms with Gasteiger partial charge in [-0.15, -0.1) is 0 Å². The van der Waals surface area contributed by atoms with Crippen molar-refractivity contribution < 1.29 is 26.4 Å². The number of benzene rings is 2. The number of hydrogen-bond acceptors (Lipinski definition) is 6. The third-order valence-electron chi connectivity index (χ3n) is 4.76. The van der Waals surface area contributed by atoms with Gasteiger partial charge in [-0.1, -0.05) is 17.7 Å². The van der Waals surface area contributed by atoms with Crippen molar-refractivity contribution in [2.24, 2.45) is 0 Å². The molecule has 1 heterocycles. The van der Waals surface area contributed by atoms with Crippen molar-refractivity contribution in [3.05, 3.63) is 54.1 Å². The van der Waals surface area contributed by atoms with Gasteiger partial charge in [0.25, 0.3) is 0 Å². The fourth-order valence-corrected chi connectivity index (χ4v) is 5.35. The van der Waals surface area contributed by atoms with E-state index in [2.05, 4.69) is 5.32 Å². The summed E-state index contributed by atoms with van der Waals surface area (Å²) in [6, 6.07) is 12.6. The Hall–Kier alpha value is -2.47. The van der Waals surface area contributed by atoms with Gasteiger partial charge in [-0.2, -0.15) is 4.31 Å². The van der Waals surface area contributed by atoms with Crippen molar-refractivity contribution in [3.8, 4) is 0 Å². The zero-order valence-corrected chi connectivity index (χ0v) is 18.9. The summed E-state index contributed by atoms with van der Waals surface area (Å²) in [6.07, 6.45) is 0.991. The van der Waals surface area contributed by atoms with E-state index in [9.17, 15) is 21.6 Å². The van der Waals surface area contributed by atoms with Gasteiger partial charge >= 0.3 is 0 Å². The van der Waals surface area contributed by atoms with Gasteiger partial charge in [0, 0.05) is 18.8 Å². The zero-order valence-electron chi connectivity index (χ0n) is 17.3. The molecule has 3 rings (SSSR count). The van der Waals surface area contributed by atoms with E-state index in [-0.39, 0.29) is 23.7 Å². The van der Waals surface area contributed by atoms with Crippen LogP contribution in [0.1, 0.15) is 5.56 Å². The number of nitrogens with one attached hydrogen (secondary N) is 1. The SMILES string of the molecule is Cc1ccc(NC(=O)CN(c2ccc(S(=O)(=O)N3CCOCC3)cc2)S(C)(=O)=O)cc1. The molecule has 0 atom stereocenters. The van der Waals surface area contributed by atoms with Gasteiger partial charge < -0.3 is 10.1 Å². The molecule has 9 nitrogen and oxygen atoms in total. The van der Waals surface area contributed by atoms with Crippen LogP contribution in [0.15, 0.2) is 53.4 Å². The Morgan fingerprint density at radius 1 is 1.00 bits per heavy atom. The molecule has 0 aliphatic carbocycles. The molecule has 0 aromatic heterocycles. The molecular formula is C20H25N3O6S2. The molecule has 2 aromatic rings. The molecule has 168 valence electrons. The van der Waals surface area contributed by atoms with Gasteiger partial charge in [-0.05, 0) is 43.3 Å². The maximum absolute atomic E-state index is 12.7. The number of amides is 1.